The Kier molecular flexibility index (Phi) is 7.54. The zero-order valence-electron chi connectivity index (χ0n) is 16.4. The maximum absolute atomic E-state index is 12.7. The molecule has 0 radical (unpaired) electrons. The Hall–Kier alpha value is -2.90. The van der Waals surface area contributed by atoms with E-state index in [2.05, 4.69) is 16.0 Å². The molecule has 3 N–H and O–H groups in total. The van der Waals surface area contributed by atoms with Crippen molar-refractivity contribution < 1.29 is 19.2 Å². The Morgan fingerprint density at radius 1 is 1.07 bits per heavy atom. The first-order chi connectivity index (χ1) is 13.4. The number of carbonyl (C=O) groups excluding carboxylic acids is 4. The van der Waals surface area contributed by atoms with Gasteiger partial charge in [0.2, 0.25) is 5.91 Å². The highest BCUT2D eigenvalue weighted by atomic mass is 16.2. The molecule has 2 rings (SSSR count). The molecule has 28 heavy (non-hydrogen) atoms. The van der Waals surface area contributed by atoms with Gasteiger partial charge >= 0.3 is 12.1 Å². The van der Waals surface area contributed by atoms with Gasteiger partial charge in [-0.05, 0) is 18.4 Å². The Morgan fingerprint density at radius 2 is 1.71 bits per heavy atom. The molecule has 8 nitrogen and oxygen atoms in total. The Labute approximate surface area is 165 Å². The zero-order chi connectivity index (χ0) is 20.6. The summed E-state index contributed by atoms with van der Waals surface area (Å²) in [6, 6.07) is 8.21. The lowest BCUT2D eigenvalue weighted by molar-refractivity contribution is -0.132. The highest BCUT2D eigenvalue weighted by molar-refractivity contribution is 6.07. The van der Waals surface area contributed by atoms with Crippen LogP contribution in [0.25, 0.3) is 0 Å². The Morgan fingerprint density at radius 3 is 2.32 bits per heavy atom. The second-order valence-electron chi connectivity index (χ2n) is 6.94. The van der Waals surface area contributed by atoms with Crippen LogP contribution in [0.5, 0.6) is 0 Å². The second-order valence-corrected chi connectivity index (χ2v) is 6.94. The molecule has 1 saturated heterocycles. The average molecular weight is 388 g/mol. The molecule has 6 amide bonds. The first kappa shape index (κ1) is 21.4. The molecule has 8 heteroatoms. The van der Waals surface area contributed by atoms with Gasteiger partial charge in [0.15, 0.2) is 0 Å². The maximum atomic E-state index is 12.7. The van der Waals surface area contributed by atoms with Gasteiger partial charge in [-0.3, -0.25) is 19.8 Å². The summed E-state index contributed by atoms with van der Waals surface area (Å²) in [4.78, 5) is 49.9. The molecule has 1 fully saturated rings. The highest BCUT2D eigenvalue weighted by Crippen LogP contribution is 2.28. The fourth-order valence-corrected chi connectivity index (χ4v) is 3.42. The van der Waals surface area contributed by atoms with E-state index in [0.29, 0.717) is 19.4 Å². The summed E-state index contributed by atoms with van der Waals surface area (Å²) < 4.78 is 0. The SMILES string of the molecule is CCCC1(CCC)NC(=O)N(CCC(=O)NC(=O)NCc2ccccc2)C1=O. The van der Waals surface area contributed by atoms with Gasteiger partial charge in [0.1, 0.15) is 5.54 Å². The number of nitrogens with zero attached hydrogens (tertiary/aromatic N) is 1. The third-order valence-corrected chi connectivity index (χ3v) is 4.71. The fourth-order valence-electron chi connectivity index (χ4n) is 3.42. The molecule has 1 aliphatic rings. The minimum atomic E-state index is -0.871. The van der Waals surface area contributed by atoms with E-state index in [1.165, 1.54) is 0 Å². The fraction of sp³-hybridized carbons (Fsp3) is 0.500. The number of carbonyl (C=O) groups is 4. The smallest absolute Gasteiger partial charge is 0.325 e. The molecule has 152 valence electrons. The van der Waals surface area contributed by atoms with E-state index in [1.807, 2.05) is 44.2 Å². The van der Waals surface area contributed by atoms with Crippen LogP contribution in [0.15, 0.2) is 30.3 Å². The van der Waals surface area contributed by atoms with Crippen LogP contribution in [0.2, 0.25) is 0 Å². The lowest BCUT2D eigenvalue weighted by Gasteiger charge is -2.25. The number of amides is 6. The molecular weight excluding hydrogens is 360 g/mol. The van der Waals surface area contributed by atoms with E-state index >= 15 is 0 Å². The summed E-state index contributed by atoms with van der Waals surface area (Å²) in [5.74, 6) is -0.836. The summed E-state index contributed by atoms with van der Waals surface area (Å²) in [7, 11) is 0. The largest absolute Gasteiger partial charge is 0.334 e. The molecule has 1 aromatic carbocycles. The third kappa shape index (κ3) is 5.31. The quantitative estimate of drug-likeness (QED) is 0.564. The van der Waals surface area contributed by atoms with Gasteiger partial charge in [0.05, 0.1) is 0 Å². The average Bonchev–Trinajstić information content (AvgIpc) is 2.89. The molecule has 1 aliphatic heterocycles. The Bertz CT molecular complexity index is 714. The summed E-state index contributed by atoms with van der Waals surface area (Å²) in [5.41, 5.74) is 0.0389. The molecule has 0 saturated carbocycles. The van der Waals surface area contributed by atoms with Crippen molar-refractivity contribution in [3.8, 4) is 0 Å². The van der Waals surface area contributed by atoms with E-state index in [-0.39, 0.29) is 18.9 Å². The molecule has 1 aromatic rings. The molecule has 0 unspecified atom stereocenters. The van der Waals surface area contributed by atoms with Crippen LogP contribution in [0.1, 0.15) is 51.5 Å². The van der Waals surface area contributed by atoms with E-state index in [0.717, 1.165) is 23.3 Å². The van der Waals surface area contributed by atoms with Crippen molar-refractivity contribution in [1.82, 2.24) is 20.9 Å². The van der Waals surface area contributed by atoms with Crippen molar-refractivity contribution in [1.29, 1.82) is 0 Å². The lowest BCUT2D eigenvalue weighted by atomic mass is 9.88. The van der Waals surface area contributed by atoms with Gasteiger partial charge in [-0.1, -0.05) is 57.0 Å². The monoisotopic (exact) mass is 388 g/mol. The number of benzene rings is 1. The predicted octanol–water partition coefficient (Wildman–Crippen LogP) is 2.29. The molecular formula is C20H28N4O4. The molecule has 1 heterocycles. The van der Waals surface area contributed by atoms with Crippen LogP contribution in [0.3, 0.4) is 0 Å². The van der Waals surface area contributed by atoms with E-state index < -0.39 is 23.5 Å². The normalized spacial score (nSPS) is 15.3. The number of imide groups is 2. The standard InChI is InChI=1S/C20H28N4O4/c1-3-11-20(12-4-2)17(26)24(19(28)23-20)13-10-16(25)22-18(27)21-14-15-8-6-5-7-9-15/h5-9H,3-4,10-14H2,1-2H3,(H,23,28)(H2,21,22,25,27). The van der Waals surface area contributed by atoms with Crippen LogP contribution in [-0.4, -0.2) is 40.9 Å². The predicted molar refractivity (Wildman–Crippen MR) is 104 cm³/mol. The van der Waals surface area contributed by atoms with Gasteiger partial charge in [0, 0.05) is 19.5 Å². The van der Waals surface area contributed by atoms with Crippen molar-refractivity contribution in [2.75, 3.05) is 6.54 Å². The van der Waals surface area contributed by atoms with Crippen LogP contribution in [-0.2, 0) is 16.1 Å². The van der Waals surface area contributed by atoms with E-state index in [9.17, 15) is 19.2 Å². The first-order valence-electron chi connectivity index (χ1n) is 9.67. The maximum Gasteiger partial charge on any atom is 0.325 e. The number of urea groups is 2. The highest BCUT2D eigenvalue weighted by Gasteiger charge is 2.49. The van der Waals surface area contributed by atoms with Gasteiger partial charge in [-0.25, -0.2) is 9.59 Å². The first-order valence-corrected chi connectivity index (χ1v) is 9.67. The third-order valence-electron chi connectivity index (χ3n) is 4.71. The van der Waals surface area contributed by atoms with Crippen LogP contribution < -0.4 is 16.0 Å². The minimum Gasteiger partial charge on any atom is -0.334 e. The van der Waals surface area contributed by atoms with Crippen molar-refractivity contribution in [3.05, 3.63) is 35.9 Å². The van der Waals surface area contributed by atoms with Gasteiger partial charge in [-0.15, -0.1) is 0 Å². The zero-order valence-corrected chi connectivity index (χ0v) is 16.4. The van der Waals surface area contributed by atoms with Gasteiger partial charge < -0.3 is 10.6 Å². The number of nitrogens with one attached hydrogen (secondary N) is 3. The number of rotatable bonds is 9. The molecule has 0 bridgehead atoms. The topological polar surface area (TPSA) is 108 Å². The summed E-state index contributed by atoms with van der Waals surface area (Å²) >= 11 is 0. The van der Waals surface area contributed by atoms with Gasteiger partial charge in [-0.2, -0.15) is 0 Å². The molecule has 0 aliphatic carbocycles. The van der Waals surface area contributed by atoms with Crippen LogP contribution >= 0.6 is 0 Å². The molecule has 0 spiro atoms. The second kappa shape index (κ2) is 9.87. The Balaban J connectivity index is 1.82. The summed E-state index contributed by atoms with van der Waals surface area (Å²) in [6.07, 6.45) is 2.53. The van der Waals surface area contributed by atoms with Crippen molar-refractivity contribution in [2.45, 2.75) is 58.0 Å². The minimum absolute atomic E-state index is 0.0579. The van der Waals surface area contributed by atoms with Crippen molar-refractivity contribution in [3.63, 3.8) is 0 Å². The summed E-state index contributed by atoms with van der Waals surface area (Å²) in [6.45, 7) is 4.16. The van der Waals surface area contributed by atoms with Crippen LogP contribution in [0, 0.1) is 0 Å². The summed E-state index contributed by atoms with van der Waals surface area (Å²) in [5, 5.41) is 7.61. The lowest BCUT2D eigenvalue weighted by Crippen LogP contribution is -2.47. The van der Waals surface area contributed by atoms with E-state index in [4.69, 9.17) is 0 Å². The van der Waals surface area contributed by atoms with Crippen molar-refractivity contribution in [2.24, 2.45) is 0 Å². The number of hydrogen-bond donors (Lipinski definition) is 3. The molecule has 0 aromatic heterocycles. The van der Waals surface area contributed by atoms with Crippen LogP contribution in [0.4, 0.5) is 9.59 Å². The van der Waals surface area contributed by atoms with Gasteiger partial charge in [0.25, 0.3) is 5.91 Å². The van der Waals surface area contributed by atoms with E-state index in [1.54, 1.807) is 0 Å². The van der Waals surface area contributed by atoms with Crippen molar-refractivity contribution >= 4 is 23.9 Å². The number of hydrogen-bond acceptors (Lipinski definition) is 4. The molecule has 0 atom stereocenters.